The van der Waals surface area contributed by atoms with Crippen molar-refractivity contribution in [3.05, 3.63) is 33.8 Å². The molecule has 5 atom stereocenters. The summed E-state index contributed by atoms with van der Waals surface area (Å²) in [4.78, 5) is 24.4. The van der Waals surface area contributed by atoms with Crippen molar-refractivity contribution in [3.63, 3.8) is 0 Å². The summed E-state index contributed by atoms with van der Waals surface area (Å²) in [6.45, 7) is 2.26. The highest BCUT2D eigenvalue weighted by atomic mass is 35.5. The summed E-state index contributed by atoms with van der Waals surface area (Å²) < 4.78 is 26.3. The summed E-state index contributed by atoms with van der Waals surface area (Å²) in [5, 5.41) is 10.5. The molecule has 2 aliphatic rings. The number of hydrogen-bond acceptors (Lipinski definition) is 5. The van der Waals surface area contributed by atoms with Crippen LogP contribution in [0, 0.1) is 11.8 Å². The number of carboxylic acids is 1. The van der Waals surface area contributed by atoms with Crippen LogP contribution < -0.4 is 5.73 Å². The molecule has 0 aliphatic heterocycles. The van der Waals surface area contributed by atoms with Gasteiger partial charge in [-0.15, -0.1) is 0 Å². The molecule has 0 amide bonds. The summed E-state index contributed by atoms with van der Waals surface area (Å²) in [6, 6.07) is 4.91. The number of carbonyl (C=O) groups is 2. The molecule has 172 valence electrons. The Morgan fingerprint density at radius 1 is 1.23 bits per heavy atom. The third kappa shape index (κ3) is 4.56. The first-order chi connectivity index (χ1) is 14.7. The van der Waals surface area contributed by atoms with Gasteiger partial charge < -0.3 is 20.3 Å². The van der Waals surface area contributed by atoms with E-state index < -0.39 is 41.1 Å². The largest absolute Gasteiger partial charge is 0.480 e. The van der Waals surface area contributed by atoms with Crippen molar-refractivity contribution >= 4 is 35.1 Å². The number of hydrogen-bond donors (Lipinski definition) is 2. The molecule has 0 saturated heterocycles. The highest BCUT2D eigenvalue weighted by Crippen LogP contribution is 2.67. The first-order valence-electron chi connectivity index (χ1n) is 10.6. The van der Waals surface area contributed by atoms with Gasteiger partial charge in [0.05, 0.1) is 29.4 Å². The van der Waals surface area contributed by atoms with Crippen LogP contribution in [0.15, 0.2) is 18.2 Å². The van der Waals surface area contributed by atoms with E-state index in [1.807, 2.05) is 0 Å². The van der Waals surface area contributed by atoms with Crippen LogP contribution in [0.2, 0.25) is 10.0 Å². The average Bonchev–Trinajstić information content (AvgIpc) is 3.20. The second-order valence-electron chi connectivity index (χ2n) is 8.42. The minimum atomic E-state index is -2.38. The minimum Gasteiger partial charge on any atom is -0.480 e. The molecule has 3 rings (SSSR count). The second kappa shape index (κ2) is 9.61. The number of esters is 1. The topological polar surface area (TPSA) is 98.9 Å². The number of carboxylic acid groups (broad SMARTS) is 1. The normalized spacial score (nSPS) is 31.3. The third-order valence-electron chi connectivity index (χ3n) is 6.40. The molecule has 2 fully saturated rings. The lowest BCUT2D eigenvalue weighted by molar-refractivity contribution is -0.159. The monoisotopic (exact) mass is 475 g/mol. The van der Waals surface area contributed by atoms with Crippen LogP contribution in [0.3, 0.4) is 0 Å². The smallest absolute Gasteiger partial charge is 0.344 e. The van der Waals surface area contributed by atoms with Crippen LogP contribution in [0.4, 0.5) is 4.39 Å². The summed E-state index contributed by atoms with van der Waals surface area (Å²) in [5.41, 5.74) is 2.44. The number of unbranched alkanes of at least 4 members (excludes halogenated alkanes) is 4. The van der Waals surface area contributed by atoms with Gasteiger partial charge in [-0.2, -0.15) is 0 Å². The molecule has 2 saturated carbocycles. The van der Waals surface area contributed by atoms with Crippen molar-refractivity contribution in [1.29, 1.82) is 0 Å². The minimum absolute atomic E-state index is 0.0247. The van der Waals surface area contributed by atoms with Gasteiger partial charge in [0, 0.05) is 11.8 Å². The Morgan fingerprint density at radius 2 is 1.94 bits per heavy atom. The summed E-state index contributed by atoms with van der Waals surface area (Å²) in [7, 11) is 0. The van der Waals surface area contributed by atoms with Gasteiger partial charge in [-0.25, -0.2) is 9.18 Å². The number of fused-ring (bicyclic) bond motifs is 1. The molecule has 0 spiro atoms. The lowest BCUT2D eigenvalue weighted by atomic mass is 9.88. The zero-order valence-electron chi connectivity index (χ0n) is 17.4. The zero-order valence-corrected chi connectivity index (χ0v) is 18.9. The number of benzene rings is 1. The standard InChI is InChI=1S/C22H28Cl2FNO5/c1-2-3-4-5-6-9-30-20(29)21(25)14-11-17(22(26,18(14)21)19(27)28)31-12-13-7-8-15(23)16(24)10-13/h7-8,10,14,17-18H,2-6,9,11-12,26H2,1H3,(H,27,28). The lowest BCUT2D eigenvalue weighted by Gasteiger charge is -2.32. The highest BCUT2D eigenvalue weighted by molar-refractivity contribution is 6.42. The van der Waals surface area contributed by atoms with Gasteiger partial charge >= 0.3 is 11.9 Å². The molecule has 6 nitrogen and oxygen atoms in total. The number of aliphatic carboxylic acids is 1. The summed E-state index contributed by atoms with van der Waals surface area (Å²) in [6.07, 6.45) is 3.86. The third-order valence-corrected chi connectivity index (χ3v) is 7.14. The molecule has 0 aromatic heterocycles. The quantitative estimate of drug-likeness (QED) is 0.360. The Balaban J connectivity index is 1.59. The van der Waals surface area contributed by atoms with E-state index in [9.17, 15) is 14.7 Å². The van der Waals surface area contributed by atoms with Crippen molar-refractivity contribution in [2.75, 3.05) is 6.61 Å². The van der Waals surface area contributed by atoms with Crippen LogP contribution in [0.5, 0.6) is 0 Å². The maximum atomic E-state index is 15.4. The van der Waals surface area contributed by atoms with Crippen LogP contribution in [0.25, 0.3) is 0 Å². The number of nitrogens with two attached hydrogens (primary N) is 1. The summed E-state index contributed by atoms with van der Waals surface area (Å²) >= 11 is 11.9. The van der Waals surface area contributed by atoms with E-state index in [2.05, 4.69) is 6.92 Å². The molecule has 5 unspecified atom stereocenters. The zero-order chi connectivity index (χ0) is 22.8. The first-order valence-corrected chi connectivity index (χ1v) is 11.4. The fourth-order valence-electron chi connectivity index (χ4n) is 4.60. The first kappa shape index (κ1) is 24.2. The van der Waals surface area contributed by atoms with Gasteiger partial charge in [0.2, 0.25) is 5.67 Å². The van der Waals surface area contributed by atoms with Gasteiger partial charge in [0.25, 0.3) is 0 Å². The van der Waals surface area contributed by atoms with E-state index in [0.29, 0.717) is 22.0 Å². The molecule has 9 heteroatoms. The van der Waals surface area contributed by atoms with Gasteiger partial charge in [-0.3, -0.25) is 4.79 Å². The molecule has 1 aromatic carbocycles. The molecular weight excluding hydrogens is 448 g/mol. The molecule has 3 N–H and O–H groups in total. The van der Waals surface area contributed by atoms with Crippen molar-refractivity contribution in [2.24, 2.45) is 17.6 Å². The lowest BCUT2D eigenvalue weighted by Crippen LogP contribution is -2.60. The van der Waals surface area contributed by atoms with Crippen LogP contribution in [-0.2, 0) is 25.7 Å². The van der Waals surface area contributed by atoms with Crippen molar-refractivity contribution in [1.82, 2.24) is 0 Å². The predicted molar refractivity (Wildman–Crippen MR) is 115 cm³/mol. The Hall–Kier alpha value is -1.41. The highest BCUT2D eigenvalue weighted by Gasteiger charge is 2.85. The number of halogens is 3. The SMILES string of the molecule is CCCCCCCOC(=O)C1(F)C2CC(OCc3ccc(Cl)c(Cl)c3)C(N)(C(=O)O)C21. The maximum Gasteiger partial charge on any atom is 0.344 e. The van der Waals surface area contributed by atoms with Gasteiger partial charge in [0.15, 0.2) is 0 Å². The van der Waals surface area contributed by atoms with E-state index in [1.165, 1.54) is 0 Å². The molecule has 0 bridgehead atoms. The molecule has 1 aromatic rings. The Labute approximate surface area is 191 Å². The van der Waals surface area contributed by atoms with E-state index in [-0.39, 0.29) is 19.6 Å². The number of rotatable bonds is 11. The van der Waals surface area contributed by atoms with E-state index in [0.717, 1.165) is 25.7 Å². The van der Waals surface area contributed by atoms with E-state index >= 15 is 4.39 Å². The second-order valence-corrected chi connectivity index (χ2v) is 9.24. The molecule has 0 heterocycles. The molecular formula is C22H28Cl2FNO5. The fourth-order valence-corrected chi connectivity index (χ4v) is 4.92. The van der Waals surface area contributed by atoms with Crippen molar-refractivity contribution in [2.45, 2.75) is 69.4 Å². The van der Waals surface area contributed by atoms with E-state index in [4.69, 9.17) is 38.4 Å². The van der Waals surface area contributed by atoms with Crippen LogP contribution >= 0.6 is 23.2 Å². The molecule has 0 radical (unpaired) electrons. The maximum absolute atomic E-state index is 15.4. The Bertz CT molecular complexity index is 840. The van der Waals surface area contributed by atoms with Crippen molar-refractivity contribution in [3.8, 4) is 0 Å². The van der Waals surface area contributed by atoms with Gasteiger partial charge in [-0.1, -0.05) is 61.9 Å². The Morgan fingerprint density at radius 3 is 2.58 bits per heavy atom. The summed E-state index contributed by atoms with van der Waals surface area (Å²) in [5.74, 6) is -4.42. The van der Waals surface area contributed by atoms with Crippen LogP contribution in [0.1, 0.15) is 51.0 Å². The molecule has 31 heavy (non-hydrogen) atoms. The number of carbonyl (C=O) groups excluding carboxylic acids is 1. The van der Waals surface area contributed by atoms with Gasteiger partial charge in [0.1, 0.15) is 5.54 Å². The van der Waals surface area contributed by atoms with Crippen molar-refractivity contribution < 1.29 is 28.6 Å². The number of alkyl halides is 1. The number of ether oxygens (including phenoxy) is 2. The van der Waals surface area contributed by atoms with E-state index in [1.54, 1.807) is 18.2 Å². The fraction of sp³-hybridized carbons (Fsp3) is 0.636. The predicted octanol–water partition coefficient (Wildman–Crippen LogP) is 4.53. The Kier molecular flexibility index (Phi) is 7.51. The average molecular weight is 476 g/mol. The van der Waals surface area contributed by atoms with Crippen LogP contribution in [-0.4, -0.2) is 41.0 Å². The molecule has 2 aliphatic carbocycles. The van der Waals surface area contributed by atoms with Gasteiger partial charge in [-0.05, 0) is 30.5 Å².